The number of allylic oxidation sites excluding steroid dienone is 4. The van der Waals surface area contributed by atoms with Crippen molar-refractivity contribution >= 4 is 46.7 Å². The Morgan fingerprint density at radius 1 is 1.11 bits per heavy atom. The fraction of sp³-hybridized carbons (Fsp3) is 0.559. The maximum absolute atomic E-state index is 16.3. The quantitative estimate of drug-likeness (QED) is 0.290. The number of amides is 2. The van der Waals surface area contributed by atoms with Gasteiger partial charge in [-0.05, 0) is 94.7 Å². The standard InChI is InChI=1S/C34H40Cl2FN3O4/c1-4-8-23(36)26(37)20(2)25-27(28(41)39-32-16-13-31(14-17-32,15-18-32)30(43)44)40(3)33(11-6-5-7-12-33)34(25)22-10-9-21(35)19-24(22)38-29(34)42/h4,8-10,19,25,27H,2,5-7,11-18H2,1,3H3,(H,38,42)(H,39,41)(H,43,44)/b8-4-,26-23-/t25-,27+,31?,32?,34+/m0/s1. The Hall–Kier alpha value is -2.68. The van der Waals surface area contributed by atoms with Gasteiger partial charge in [-0.15, -0.1) is 0 Å². The lowest BCUT2D eigenvalue weighted by Crippen LogP contribution is -2.62. The van der Waals surface area contributed by atoms with E-state index in [9.17, 15) is 19.5 Å². The number of anilines is 1. The number of likely N-dealkylation sites (N-methyl/N-ethyl adjacent to an activating group) is 1. The Balaban J connectivity index is 1.51. The van der Waals surface area contributed by atoms with Crippen molar-refractivity contribution in [2.45, 2.75) is 100 Å². The minimum absolute atomic E-state index is 0.00943. The molecule has 7 rings (SSSR count). The molecule has 0 unspecified atom stereocenters. The minimum atomic E-state index is -1.33. The number of carbonyl (C=O) groups excluding carboxylic acids is 2. The molecule has 7 nitrogen and oxygen atoms in total. The summed E-state index contributed by atoms with van der Waals surface area (Å²) in [6.45, 7) is 5.95. The predicted molar refractivity (Wildman–Crippen MR) is 169 cm³/mol. The number of likely N-dealkylation sites (tertiary alicyclic amines) is 1. The first-order valence-electron chi connectivity index (χ1n) is 15.7. The van der Waals surface area contributed by atoms with Crippen LogP contribution in [0.2, 0.25) is 5.02 Å². The maximum atomic E-state index is 16.3. The van der Waals surface area contributed by atoms with E-state index >= 15 is 4.39 Å². The van der Waals surface area contributed by atoms with Crippen LogP contribution in [-0.4, -0.2) is 52.0 Å². The highest BCUT2D eigenvalue weighted by molar-refractivity contribution is 6.32. The van der Waals surface area contributed by atoms with Crippen LogP contribution in [0.25, 0.3) is 0 Å². The number of halogens is 3. The Morgan fingerprint density at radius 2 is 1.75 bits per heavy atom. The molecular formula is C34H40Cl2FN3O4. The number of carboxylic acid groups (broad SMARTS) is 1. The van der Waals surface area contributed by atoms with Crippen molar-refractivity contribution in [3.05, 3.63) is 63.9 Å². The lowest BCUT2D eigenvalue weighted by Gasteiger charge is -2.52. The number of carbonyl (C=O) groups is 3. The van der Waals surface area contributed by atoms with Gasteiger partial charge in [-0.25, -0.2) is 4.39 Å². The number of carboxylic acids is 1. The summed E-state index contributed by atoms with van der Waals surface area (Å²) in [7, 11) is 1.88. The molecule has 2 amide bonds. The van der Waals surface area contributed by atoms with Crippen LogP contribution in [0.5, 0.6) is 0 Å². The molecule has 4 aliphatic carbocycles. The van der Waals surface area contributed by atoms with Gasteiger partial charge in [0.05, 0.1) is 16.5 Å². The summed E-state index contributed by atoms with van der Waals surface area (Å²) in [6.07, 6.45) is 10.3. The van der Waals surface area contributed by atoms with Crippen molar-refractivity contribution < 1.29 is 23.9 Å². The summed E-state index contributed by atoms with van der Waals surface area (Å²) in [4.78, 5) is 43.4. The van der Waals surface area contributed by atoms with E-state index in [4.69, 9.17) is 23.2 Å². The lowest BCUT2D eigenvalue weighted by atomic mass is 9.55. The van der Waals surface area contributed by atoms with Crippen molar-refractivity contribution in [3.63, 3.8) is 0 Å². The summed E-state index contributed by atoms with van der Waals surface area (Å²) in [5.74, 6) is -3.08. The van der Waals surface area contributed by atoms with Gasteiger partial charge in [0.15, 0.2) is 0 Å². The molecule has 0 aromatic heterocycles. The number of fused-ring (bicyclic) bond motifs is 6. The minimum Gasteiger partial charge on any atom is -0.481 e. The van der Waals surface area contributed by atoms with Crippen LogP contribution in [0, 0.1) is 11.3 Å². The second kappa shape index (κ2) is 11.0. The summed E-state index contributed by atoms with van der Waals surface area (Å²) in [5, 5.41) is 16.6. The third-order valence-electron chi connectivity index (χ3n) is 11.8. The van der Waals surface area contributed by atoms with E-state index in [2.05, 4.69) is 17.2 Å². The Kier molecular flexibility index (Phi) is 7.82. The molecule has 236 valence electrons. The monoisotopic (exact) mass is 643 g/mol. The van der Waals surface area contributed by atoms with E-state index in [0.29, 0.717) is 67.6 Å². The van der Waals surface area contributed by atoms with Gasteiger partial charge in [-0.1, -0.05) is 61.2 Å². The van der Waals surface area contributed by atoms with Crippen LogP contribution in [0.15, 0.2) is 53.4 Å². The third-order valence-corrected chi connectivity index (χ3v) is 12.4. The number of aliphatic carboxylic acids is 1. The summed E-state index contributed by atoms with van der Waals surface area (Å²) < 4.78 is 16.3. The van der Waals surface area contributed by atoms with Crippen molar-refractivity contribution in [2.75, 3.05) is 12.4 Å². The SMILES string of the molecule is C=C(/C(F)=C(Cl)\C=C/C)[C@H]1[C@H](C(=O)NC23CCC(C(=O)O)(CC2)CC3)N(C)C2(CCCCC2)[C@@]12C(=O)Nc1cc(Cl)ccc12. The van der Waals surface area contributed by atoms with Crippen LogP contribution in [0.3, 0.4) is 0 Å². The molecule has 2 spiro atoms. The highest BCUT2D eigenvalue weighted by Gasteiger charge is 2.75. The van der Waals surface area contributed by atoms with Crippen LogP contribution in [0.4, 0.5) is 10.1 Å². The Bertz CT molecular complexity index is 1470. The molecule has 2 aliphatic heterocycles. The largest absolute Gasteiger partial charge is 0.481 e. The van der Waals surface area contributed by atoms with Gasteiger partial charge in [0, 0.05) is 27.7 Å². The van der Waals surface area contributed by atoms with Crippen LogP contribution >= 0.6 is 23.2 Å². The van der Waals surface area contributed by atoms with E-state index in [1.54, 1.807) is 25.1 Å². The fourth-order valence-electron chi connectivity index (χ4n) is 9.57. The van der Waals surface area contributed by atoms with Crippen LogP contribution in [-0.2, 0) is 19.8 Å². The number of rotatable bonds is 6. The average molecular weight is 645 g/mol. The van der Waals surface area contributed by atoms with Crippen LogP contribution in [0.1, 0.15) is 83.1 Å². The zero-order valence-corrected chi connectivity index (χ0v) is 26.8. The third kappa shape index (κ3) is 4.27. The molecule has 2 heterocycles. The maximum Gasteiger partial charge on any atom is 0.309 e. The average Bonchev–Trinajstić information content (AvgIpc) is 3.41. The van der Waals surface area contributed by atoms with Gasteiger partial charge < -0.3 is 15.7 Å². The molecule has 5 fully saturated rings. The smallest absolute Gasteiger partial charge is 0.309 e. The number of nitrogens with zero attached hydrogens (tertiary/aromatic N) is 1. The Labute approximate surface area is 267 Å². The number of nitrogens with one attached hydrogen (secondary N) is 2. The zero-order valence-electron chi connectivity index (χ0n) is 25.3. The molecule has 0 radical (unpaired) electrons. The van der Waals surface area contributed by atoms with E-state index in [1.807, 2.05) is 18.0 Å². The first-order chi connectivity index (χ1) is 20.9. The molecule has 1 saturated heterocycles. The molecule has 44 heavy (non-hydrogen) atoms. The summed E-state index contributed by atoms with van der Waals surface area (Å²) >= 11 is 12.8. The molecule has 6 aliphatic rings. The van der Waals surface area contributed by atoms with Gasteiger partial charge in [0.25, 0.3) is 0 Å². The van der Waals surface area contributed by atoms with E-state index in [-0.39, 0.29) is 22.4 Å². The van der Waals surface area contributed by atoms with Crippen molar-refractivity contribution in [1.82, 2.24) is 10.2 Å². The molecule has 1 aromatic carbocycles. The first kappa shape index (κ1) is 31.3. The van der Waals surface area contributed by atoms with Gasteiger partial charge in [0.1, 0.15) is 11.2 Å². The fourth-order valence-corrected chi connectivity index (χ4v) is 9.99. The van der Waals surface area contributed by atoms with Crippen molar-refractivity contribution in [2.24, 2.45) is 11.3 Å². The summed E-state index contributed by atoms with van der Waals surface area (Å²) in [5.41, 5.74) is -2.14. The molecule has 10 heteroatoms. The van der Waals surface area contributed by atoms with Gasteiger partial charge in [-0.2, -0.15) is 0 Å². The normalized spacial score (nSPS) is 34.7. The van der Waals surface area contributed by atoms with E-state index in [1.165, 1.54) is 6.08 Å². The van der Waals surface area contributed by atoms with Gasteiger partial charge in [-0.3, -0.25) is 19.3 Å². The lowest BCUT2D eigenvalue weighted by molar-refractivity contribution is -0.157. The molecule has 3 atom stereocenters. The molecule has 2 bridgehead atoms. The number of hydrogen-bond donors (Lipinski definition) is 3. The summed E-state index contributed by atoms with van der Waals surface area (Å²) in [6, 6.07) is 4.35. The second-order valence-electron chi connectivity index (χ2n) is 13.6. The van der Waals surface area contributed by atoms with Gasteiger partial charge in [0.2, 0.25) is 11.8 Å². The molecular weight excluding hydrogens is 604 g/mol. The molecule has 4 saturated carbocycles. The zero-order chi connectivity index (χ0) is 31.7. The highest BCUT2D eigenvalue weighted by Crippen LogP contribution is 2.65. The Morgan fingerprint density at radius 3 is 2.34 bits per heavy atom. The molecule has 3 N–H and O–H groups in total. The number of hydrogen-bond acceptors (Lipinski definition) is 4. The van der Waals surface area contributed by atoms with E-state index < -0.39 is 45.7 Å². The first-order valence-corrected chi connectivity index (χ1v) is 16.4. The second-order valence-corrected chi connectivity index (χ2v) is 14.5. The van der Waals surface area contributed by atoms with Gasteiger partial charge >= 0.3 is 5.97 Å². The number of benzene rings is 1. The van der Waals surface area contributed by atoms with Crippen molar-refractivity contribution in [1.29, 1.82) is 0 Å². The van der Waals surface area contributed by atoms with Crippen LogP contribution < -0.4 is 10.6 Å². The predicted octanol–water partition coefficient (Wildman–Crippen LogP) is 7.01. The van der Waals surface area contributed by atoms with Crippen molar-refractivity contribution in [3.8, 4) is 0 Å². The van der Waals surface area contributed by atoms with E-state index in [0.717, 1.165) is 19.3 Å². The topological polar surface area (TPSA) is 98.7 Å². The highest BCUT2D eigenvalue weighted by atomic mass is 35.5. The molecule has 1 aromatic rings.